The van der Waals surface area contributed by atoms with Crippen LogP contribution in [-0.2, 0) is 4.79 Å². The van der Waals surface area contributed by atoms with Gasteiger partial charge in [0.1, 0.15) is 11.8 Å². The molecule has 0 saturated carbocycles. The summed E-state index contributed by atoms with van der Waals surface area (Å²) in [5, 5.41) is 8.04. The second-order valence-electron chi connectivity index (χ2n) is 7.79. The molecule has 3 rings (SSSR count). The first kappa shape index (κ1) is 22.5. The van der Waals surface area contributed by atoms with Crippen molar-refractivity contribution in [2.75, 3.05) is 12.4 Å². The van der Waals surface area contributed by atoms with Crippen LogP contribution in [0.15, 0.2) is 47.8 Å². The number of ether oxygens (including phenoxy) is 1. The monoisotopic (exact) mass is 437 g/mol. The third-order valence-electron chi connectivity index (χ3n) is 4.91. The summed E-state index contributed by atoms with van der Waals surface area (Å²) in [7, 11) is 1.62. The van der Waals surface area contributed by atoms with Gasteiger partial charge in [-0.3, -0.25) is 9.59 Å². The number of rotatable bonds is 7. The van der Waals surface area contributed by atoms with Crippen molar-refractivity contribution < 1.29 is 14.3 Å². The van der Waals surface area contributed by atoms with Crippen LogP contribution in [0, 0.1) is 19.8 Å². The van der Waals surface area contributed by atoms with E-state index in [1.165, 1.54) is 11.3 Å². The highest BCUT2D eigenvalue weighted by Crippen LogP contribution is 2.33. The van der Waals surface area contributed by atoms with Crippen molar-refractivity contribution in [3.8, 4) is 17.0 Å². The lowest BCUT2D eigenvalue weighted by molar-refractivity contribution is -0.118. The molecule has 2 aromatic carbocycles. The molecule has 0 fully saturated rings. The van der Waals surface area contributed by atoms with Crippen LogP contribution < -0.4 is 15.4 Å². The smallest absolute Gasteiger partial charge is 0.251 e. The van der Waals surface area contributed by atoms with Crippen molar-refractivity contribution in [1.29, 1.82) is 0 Å². The van der Waals surface area contributed by atoms with E-state index in [9.17, 15) is 9.59 Å². The summed E-state index contributed by atoms with van der Waals surface area (Å²) in [6, 6.07) is 12.4. The average molecular weight is 438 g/mol. The standard InChI is InChI=1S/C24H27N3O3S/c1-14(2)21(26-22(28)17-9-6-15(3)7-10-17)23(29)27-24-25-19(13-31-24)18-12-16(4)8-11-20(18)30-5/h6-14,21H,1-5H3,(H,26,28)(H,25,27,29)/t21-/m0/s1. The van der Waals surface area contributed by atoms with Gasteiger partial charge in [-0.15, -0.1) is 11.3 Å². The minimum absolute atomic E-state index is 0.0919. The second kappa shape index (κ2) is 9.75. The number of amides is 2. The number of nitrogens with one attached hydrogen (secondary N) is 2. The molecule has 0 aliphatic carbocycles. The van der Waals surface area contributed by atoms with Gasteiger partial charge < -0.3 is 15.4 Å². The molecular weight excluding hydrogens is 410 g/mol. The van der Waals surface area contributed by atoms with Gasteiger partial charge in [0.25, 0.3) is 5.91 Å². The van der Waals surface area contributed by atoms with E-state index in [-0.39, 0.29) is 17.7 Å². The van der Waals surface area contributed by atoms with Crippen molar-refractivity contribution in [1.82, 2.24) is 10.3 Å². The van der Waals surface area contributed by atoms with E-state index in [4.69, 9.17) is 4.74 Å². The molecule has 0 aliphatic heterocycles. The second-order valence-corrected chi connectivity index (χ2v) is 8.65. The van der Waals surface area contributed by atoms with Crippen molar-refractivity contribution >= 4 is 28.3 Å². The molecule has 1 aromatic heterocycles. The van der Waals surface area contributed by atoms with Crippen LogP contribution in [0.3, 0.4) is 0 Å². The van der Waals surface area contributed by atoms with Gasteiger partial charge in [0, 0.05) is 16.5 Å². The lowest BCUT2D eigenvalue weighted by Gasteiger charge is -2.21. The van der Waals surface area contributed by atoms with E-state index in [2.05, 4.69) is 15.6 Å². The molecular formula is C24H27N3O3S. The molecule has 0 unspecified atom stereocenters. The molecule has 1 heterocycles. The highest BCUT2D eigenvalue weighted by Gasteiger charge is 2.25. The largest absolute Gasteiger partial charge is 0.496 e. The summed E-state index contributed by atoms with van der Waals surface area (Å²) in [6.07, 6.45) is 0. The molecule has 0 radical (unpaired) electrons. The number of anilines is 1. The van der Waals surface area contributed by atoms with Gasteiger partial charge in [0.15, 0.2) is 5.13 Å². The lowest BCUT2D eigenvalue weighted by atomic mass is 10.0. The Labute approximate surface area is 186 Å². The van der Waals surface area contributed by atoms with E-state index in [0.717, 1.165) is 28.1 Å². The number of carbonyl (C=O) groups is 2. The summed E-state index contributed by atoms with van der Waals surface area (Å²) < 4.78 is 5.44. The van der Waals surface area contributed by atoms with Gasteiger partial charge in [0.2, 0.25) is 5.91 Å². The summed E-state index contributed by atoms with van der Waals surface area (Å²) in [5.74, 6) is 0.0515. The fraction of sp³-hybridized carbons (Fsp3) is 0.292. The summed E-state index contributed by atoms with van der Waals surface area (Å²) in [4.78, 5) is 30.1. The van der Waals surface area contributed by atoms with Crippen LogP contribution >= 0.6 is 11.3 Å². The van der Waals surface area contributed by atoms with Gasteiger partial charge >= 0.3 is 0 Å². The maximum absolute atomic E-state index is 12.9. The summed E-state index contributed by atoms with van der Waals surface area (Å²) >= 11 is 1.33. The van der Waals surface area contributed by atoms with Crippen molar-refractivity contribution in [2.24, 2.45) is 5.92 Å². The Balaban J connectivity index is 1.74. The van der Waals surface area contributed by atoms with Crippen LogP contribution in [0.5, 0.6) is 5.75 Å². The van der Waals surface area contributed by atoms with Crippen LogP contribution in [0.1, 0.15) is 35.3 Å². The molecule has 3 aromatic rings. The zero-order chi connectivity index (χ0) is 22.5. The topological polar surface area (TPSA) is 80.3 Å². The molecule has 31 heavy (non-hydrogen) atoms. The molecule has 0 bridgehead atoms. The lowest BCUT2D eigenvalue weighted by Crippen LogP contribution is -2.47. The van der Waals surface area contributed by atoms with Crippen molar-refractivity contribution in [3.63, 3.8) is 0 Å². The number of carbonyl (C=O) groups excluding carboxylic acids is 2. The first-order chi connectivity index (χ1) is 14.8. The third kappa shape index (κ3) is 5.49. The van der Waals surface area contributed by atoms with E-state index in [1.807, 2.05) is 63.4 Å². The maximum atomic E-state index is 12.9. The van der Waals surface area contributed by atoms with Gasteiger partial charge in [-0.25, -0.2) is 4.98 Å². The van der Waals surface area contributed by atoms with E-state index < -0.39 is 6.04 Å². The number of aromatic nitrogens is 1. The van der Waals surface area contributed by atoms with Gasteiger partial charge in [-0.05, 0) is 44.0 Å². The Hall–Kier alpha value is -3.19. The SMILES string of the molecule is COc1ccc(C)cc1-c1csc(NC(=O)[C@@H](NC(=O)c2ccc(C)cc2)C(C)C)n1. The molecule has 0 aliphatic rings. The Morgan fingerprint density at radius 3 is 2.35 bits per heavy atom. The number of hydrogen-bond donors (Lipinski definition) is 2. The zero-order valence-electron chi connectivity index (χ0n) is 18.4. The quantitative estimate of drug-likeness (QED) is 0.555. The Kier molecular flexibility index (Phi) is 7.07. The fourth-order valence-electron chi connectivity index (χ4n) is 3.12. The Morgan fingerprint density at radius 1 is 1.03 bits per heavy atom. The number of hydrogen-bond acceptors (Lipinski definition) is 5. The molecule has 2 N–H and O–H groups in total. The van der Waals surface area contributed by atoms with Crippen LogP contribution in [0.4, 0.5) is 5.13 Å². The number of thiazole rings is 1. The van der Waals surface area contributed by atoms with Crippen LogP contribution in [0.2, 0.25) is 0 Å². The first-order valence-electron chi connectivity index (χ1n) is 10.1. The Morgan fingerprint density at radius 2 is 1.71 bits per heavy atom. The van der Waals surface area contributed by atoms with E-state index in [0.29, 0.717) is 10.7 Å². The molecule has 1 atom stereocenters. The van der Waals surface area contributed by atoms with Gasteiger partial charge in [-0.1, -0.05) is 43.2 Å². The molecule has 6 nitrogen and oxygen atoms in total. The minimum Gasteiger partial charge on any atom is -0.496 e. The number of benzene rings is 2. The summed E-state index contributed by atoms with van der Waals surface area (Å²) in [5.41, 5.74) is 4.28. The van der Waals surface area contributed by atoms with Crippen molar-refractivity contribution in [3.05, 3.63) is 64.5 Å². The minimum atomic E-state index is -0.686. The number of aryl methyl sites for hydroxylation is 2. The van der Waals surface area contributed by atoms with Gasteiger partial charge in [0.05, 0.1) is 12.8 Å². The number of methoxy groups -OCH3 is 1. The van der Waals surface area contributed by atoms with E-state index in [1.54, 1.807) is 19.2 Å². The predicted octanol–water partition coefficient (Wildman–Crippen LogP) is 4.83. The predicted molar refractivity (Wildman–Crippen MR) is 125 cm³/mol. The molecule has 0 spiro atoms. The zero-order valence-corrected chi connectivity index (χ0v) is 19.2. The molecule has 7 heteroatoms. The third-order valence-corrected chi connectivity index (χ3v) is 5.67. The van der Waals surface area contributed by atoms with Crippen LogP contribution in [0.25, 0.3) is 11.3 Å². The fourth-order valence-corrected chi connectivity index (χ4v) is 3.84. The van der Waals surface area contributed by atoms with E-state index >= 15 is 0 Å². The first-order valence-corrected chi connectivity index (χ1v) is 11.0. The highest BCUT2D eigenvalue weighted by atomic mass is 32.1. The average Bonchev–Trinajstić information content (AvgIpc) is 3.20. The van der Waals surface area contributed by atoms with Gasteiger partial charge in [-0.2, -0.15) is 0 Å². The number of nitrogens with zero attached hydrogens (tertiary/aromatic N) is 1. The maximum Gasteiger partial charge on any atom is 0.251 e. The normalized spacial score (nSPS) is 11.8. The molecule has 162 valence electrons. The highest BCUT2D eigenvalue weighted by molar-refractivity contribution is 7.14. The molecule has 2 amide bonds. The van der Waals surface area contributed by atoms with Crippen LogP contribution in [-0.4, -0.2) is 29.9 Å². The Bertz CT molecular complexity index is 1070. The summed E-state index contributed by atoms with van der Waals surface area (Å²) in [6.45, 7) is 7.75. The van der Waals surface area contributed by atoms with Crippen molar-refractivity contribution in [2.45, 2.75) is 33.7 Å². The molecule has 0 saturated heterocycles.